The molecule has 0 aromatic carbocycles. The molecule has 0 amide bonds. The van der Waals surface area contributed by atoms with Crippen molar-refractivity contribution in [2.24, 2.45) is 0 Å². The van der Waals surface area contributed by atoms with Gasteiger partial charge in [-0.2, -0.15) is 0 Å². The first-order valence-electron chi connectivity index (χ1n) is 7.69. The maximum absolute atomic E-state index is 6.32. The Morgan fingerprint density at radius 3 is 2.61 bits per heavy atom. The minimum absolute atomic E-state index is 0.0778. The van der Waals surface area contributed by atoms with Crippen molar-refractivity contribution in [1.82, 2.24) is 5.32 Å². The minimum atomic E-state index is 0.0778. The quantitative estimate of drug-likeness (QED) is 0.791. The molecule has 0 radical (unpaired) electrons. The van der Waals surface area contributed by atoms with Crippen LogP contribution in [0.1, 0.15) is 58.8 Å². The summed E-state index contributed by atoms with van der Waals surface area (Å²) in [6.07, 6.45) is 9.13. The monoisotopic (exact) mass is 255 g/mol. The average molecular weight is 255 g/mol. The van der Waals surface area contributed by atoms with Gasteiger partial charge in [0.25, 0.3) is 0 Å². The van der Waals surface area contributed by atoms with Gasteiger partial charge in [0.2, 0.25) is 0 Å². The summed E-state index contributed by atoms with van der Waals surface area (Å²) < 4.78 is 12.0. The van der Waals surface area contributed by atoms with Crippen molar-refractivity contribution in [3.63, 3.8) is 0 Å². The van der Waals surface area contributed by atoms with Crippen LogP contribution in [0.5, 0.6) is 0 Å². The summed E-state index contributed by atoms with van der Waals surface area (Å²) in [5, 5.41) is 3.57. The lowest BCUT2D eigenvalue weighted by molar-refractivity contribution is -0.101. The molecular weight excluding hydrogens is 226 g/mol. The van der Waals surface area contributed by atoms with Crippen molar-refractivity contribution in [2.45, 2.75) is 76.5 Å². The number of hydrogen-bond donors (Lipinski definition) is 1. The van der Waals surface area contributed by atoms with Crippen LogP contribution in [-0.4, -0.2) is 37.5 Å². The first-order chi connectivity index (χ1) is 8.70. The Balaban J connectivity index is 1.82. The van der Waals surface area contributed by atoms with Crippen LogP contribution in [0.4, 0.5) is 0 Å². The van der Waals surface area contributed by atoms with Gasteiger partial charge in [-0.15, -0.1) is 0 Å². The third-order valence-corrected chi connectivity index (χ3v) is 4.20. The predicted molar refractivity (Wildman–Crippen MR) is 73.9 cm³/mol. The SMILES string of the molecule is CC(C)NCC1(OCC2CCCO2)CCCCC1. The van der Waals surface area contributed by atoms with Gasteiger partial charge >= 0.3 is 0 Å². The summed E-state index contributed by atoms with van der Waals surface area (Å²) in [6.45, 7) is 7.12. The van der Waals surface area contributed by atoms with Gasteiger partial charge < -0.3 is 14.8 Å². The zero-order valence-electron chi connectivity index (χ0n) is 12.0. The molecule has 106 valence electrons. The van der Waals surface area contributed by atoms with E-state index in [9.17, 15) is 0 Å². The lowest BCUT2D eigenvalue weighted by Crippen LogP contribution is -2.47. The number of nitrogens with one attached hydrogen (secondary N) is 1. The number of hydrogen-bond acceptors (Lipinski definition) is 3. The molecular formula is C15H29NO2. The van der Waals surface area contributed by atoms with E-state index in [2.05, 4.69) is 19.2 Å². The van der Waals surface area contributed by atoms with E-state index in [-0.39, 0.29) is 5.60 Å². The zero-order chi connectivity index (χ0) is 12.8. The normalized spacial score (nSPS) is 27.8. The van der Waals surface area contributed by atoms with Crippen LogP contribution in [0.3, 0.4) is 0 Å². The summed E-state index contributed by atoms with van der Waals surface area (Å²) in [5.41, 5.74) is 0.0778. The maximum Gasteiger partial charge on any atom is 0.0809 e. The highest BCUT2D eigenvalue weighted by Crippen LogP contribution is 2.32. The van der Waals surface area contributed by atoms with E-state index in [1.807, 2.05) is 0 Å². The van der Waals surface area contributed by atoms with Crippen molar-refractivity contribution in [1.29, 1.82) is 0 Å². The first-order valence-corrected chi connectivity index (χ1v) is 7.69. The highest BCUT2D eigenvalue weighted by Gasteiger charge is 2.34. The minimum Gasteiger partial charge on any atom is -0.376 e. The van der Waals surface area contributed by atoms with Crippen LogP contribution in [0.15, 0.2) is 0 Å². The van der Waals surface area contributed by atoms with Crippen molar-refractivity contribution in [3.8, 4) is 0 Å². The largest absolute Gasteiger partial charge is 0.376 e. The summed E-state index contributed by atoms with van der Waals surface area (Å²) in [6, 6.07) is 0.537. The molecule has 1 atom stereocenters. The Morgan fingerprint density at radius 1 is 1.22 bits per heavy atom. The second-order valence-electron chi connectivity index (χ2n) is 6.23. The fraction of sp³-hybridized carbons (Fsp3) is 1.00. The summed E-state index contributed by atoms with van der Waals surface area (Å²) in [4.78, 5) is 0. The lowest BCUT2D eigenvalue weighted by Gasteiger charge is -2.38. The Morgan fingerprint density at radius 2 is 2.00 bits per heavy atom. The van der Waals surface area contributed by atoms with Crippen LogP contribution in [0, 0.1) is 0 Å². The lowest BCUT2D eigenvalue weighted by atomic mass is 9.84. The number of rotatable bonds is 6. The average Bonchev–Trinajstić information content (AvgIpc) is 2.89. The Kier molecular flexibility index (Phi) is 5.46. The third kappa shape index (κ3) is 4.22. The Hall–Kier alpha value is -0.120. The van der Waals surface area contributed by atoms with Gasteiger partial charge in [-0.25, -0.2) is 0 Å². The van der Waals surface area contributed by atoms with Crippen molar-refractivity contribution in [2.75, 3.05) is 19.8 Å². The van der Waals surface area contributed by atoms with E-state index in [4.69, 9.17) is 9.47 Å². The van der Waals surface area contributed by atoms with Crippen molar-refractivity contribution < 1.29 is 9.47 Å². The molecule has 1 N–H and O–H groups in total. The van der Waals surface area contributed by atoms with Gasteiger partial charge in [0.05, 0.1) is 18.3 Å². The summed E-state index contributed by atoms with van der Waals surface area (Å²) in [7, 11) is 0. The molecule has 0 spiro atoms. The van der Waals surface area contributed by atoms with Crippen LogP contribution in [0.2, 0.25) is 0 Å². The summed E-state index contributed by atoms with van der Waals surface area (Å²) >= 11 is 0. The van der Waals surface area contributed by atoms with Gasteiger partial charge in [-0.1, -0.05) is 33.1 Å². The molecule has 1 unspecified atom stereocenters. The van der Waals surface area contributed by atoms with Crippen molar-refractivity contribution in [3.05, 3.63) is 0 Å². The fourth-order valence-corrected chi connectivity index (χ4v) is 3.00. The molecule has 0 aromatic heterocycles. The van der Waals surface area contributed by atoms with Gasteiger partial charge in [-0.05, 0) is 25.7 Å². The molecule has 3 nitrogen and oxygen atoms in total. The molecule has 2 aliphatic rings. The van der Waals surface area contributed by atoms with E-state index in [1.54, 1.807) is 0 Å². The van der Waals surface area contributed by atoms with Crippen LogP contribution < -0.4 is 5.32 Å². The molecule has 0 bridgehead atoms. The van der Waals surface area contributed by atoms with Gasteiger partial charge in [0.1, 0.15) is 0 Å². The van der Waals surface area contributed by atoms with Crippen LogP contribution in [0.25, 0.3) is 0 Å². The second kappa shape index (κ2) is 6.88. The fourth-order valence-electron chi connectivity index (χ4n) is 3.00. The highest BCUT2D eigenvalue weighted by molar-refractivity contribution is 4.88. The van der Waals surface area contributed by atoms with E-state index in [0.29, 0.717) is 12.1 Å². The Labute approximate surface area is 112 Å². The third-order valence-electron chi connectivity index (χ3n) is 4.20. The molecule has 0 aromatic rings. The van der Waals surface area contributed by atoms with Gasteiger partial charge in [0.15, 0.2) is 0 Å². The molecule has 1 saturated carbocycles. The summed E-state index contributed by atoms with van der Waals surface area (Å²) in [5.74, 6) is 0. The van der Waals surface area contributed by atoms with E-state index in [0.717, 1.165) is 19.8 Å². The van der Waals surface area contributed by atoms with E-state index in [1.165, 1.54) is 44.9 Å². The molecule has 2 fully saturated rings. The van der Waals surface area contributed by atoms with Gasteiger partial charge in [-0.3, -0.25) is 0 Å². The first kappa shape index (κ1) is 14.3. The topological polar surface area (TPSA) is 30.5 Å². The van der Waals surface area contributed by atoms with Crippen molar-refractivity contribution >= 4 is 0 Å². The molecule has 1 heterocycles. The predicted octanol–water partition coefficient (Wildman–Crippen LogP) is 2.88. The van der Waals surface area contributed by atoms with Gasteiger partial charge in [0, 0.05) is 19.2 Å². The second-order valence-corrected chi connectivity index (χ2v) is 6.23. The smallest absolute Gasteiger partial charge is 0.0809 e. The number of ether oxygens (including phenoxy) is 2. The molecule has 1 saturated heterocycles. The van der Waals surface area contributed by atoms with E-state index >= 15 is 0 Å². The molecule has 1 aliphatic carbocycles. The molecule has 2 rings (SSSR count). The Bertz CT molecular complexity index is 231. The maximum atomic E-state index is 6.32. The molecule has 3 heteroatoms. The van der Waals surface area contributed by atoms with Crippen LogP contribution in [-0.2, 0) is 9.47 Å². The molecule has 18 heavy (non-hydrogen) atoms. The highest BCUT2D eigenvalue weighted by atomic mass is 16.5. The van der Waals surface area contributed by atoms with Crippen LogP contribution >= 0.6 is 0 Å². The zero-order valence-corrected chi connectivity index (χ0v) is 12.0. The standard InChI is InChI=1S/C15H29NO2/c1-13(2)16-12-15(8-4-3-5-9-15)18-11-14-7-6-10-17-14/h13-14,16H,3-12H2,1-2H3. The van der Waals surface area contributed by atoms with E-state index < -0.39 is 0 Å². The molecule has 1 aliphatic heterocycles.